The average molecular weight is 218 g/mol. The van der Waals surface area contributed by atoms with Crippen LogP contribution in [0.2, 0.25) is 0 Å². The van der Waals surface area contributed by atoms with Crippen LogP contribution < -0.4 is 0 Å². The van der Waals surface area contributed by atoms with Crippen LogP contribution in [-0.2, 0) is 9.53 Å². The summed E-state index contributed by atoms with van der Waals surface area (Å²) in [4.78, 5) is 11.4. The first-order valence-corrected chi connectivity index (χ1v) is 5.44. The van der Waals surface area contributed by atoms with Gasteiger partial charge in [-0.2, -0.15) is 0 Å². The molecule has 0 aromatic carbocycles. The van der Waals surface area contributed by atoms with Crippen LogP contribution in [0.4, 0.5) is 0 Å². The van der Waals surface area contributed by atoms with Crippen molar-refractivity contribution in [2.75, 3.05) is 6.61 Å². The monoisotopic (exact) mass is 218 g/mol. The molecule has 0 aromatic rings. The lowest BCUT2D eigenvalue weighted by Crippen LogP contribution is -2.33. The van der Waals surface area contributed by atoms with Crippen LogP contribution in [0.5, 0.6) is 0 Å². The summed E-state index contributed by atoms with van der Waals surface area (Å²) in [7, 11) is 0. The highest BCUT2D eigenvalue weighted by Crippen LogP contribution is 2.15. The Hall–Kier alpha value is -0.610. The lowest BCUT2D eigenvalue weighted by molar-refractivity contribution is -0.167. The first kappa shape index (κ1) is 14.4. The summed E-state index contributed by atoms with van der Waals surface area (Å²) in [6.07, 6.45) is 1.21. The molecule has 0 spiro atoms. The highest BCUT2D eigenvalue weighted by atomic mass is 16.6. The minimum absolute atomic E-state index is 0.0855. The molecule has 2 N–H and O–H groups in total. The van der Waals surface area contributed by atoms with Gasteiger partial charge in [-0.25, -0.2) is 4.79 Å². The van der Waals surface area contributed by atoms with Crippen molar-refractivity contribution in [1.82, 2.24) is 0 Å². The van der Waals surface area contributed by atoms with E-state index < -0.39 is 17.7 Å². The maximum Gasteiger partial charge on any atom is 0.335 e. The van der Waals surface area contributed by atoms with E-state index >= 15 is 0 Å². The van der Waals surface area contributed by atoms with Crippen molar-refractivity contribution in [3.63, 3.8) is 0 Å². The van der Waals surface area contributed by atoms with Gasteiger partial charge in [-0.15, -0.1) is 0 Å². The molecule has 0 saturated carbocycles. The fourth-order valence-electron chi connectivity index (χ4n) is 0.980. The van der Waals surface area contributed by atoms with Gasteiger partial charge in [0.15, 0.2) is 6.10 Å². The maximum atomic E-state index is 11.4. The second-order valence-corrected chi connectivity index (χ2v) is 4.27. The lowest BCUT2D eigenvalue weighted by Gasteiger charge is -2.24. The van der Waals surface area contributed by atoms with Gasteiger partial charge >= 0.3 is 5.97 Å². The lowest BCUT2D eigenvalue weighted by atomic mass is 10.1. The van der Waals surface area contributed by atoms with Gasteiger partial charge in [-0.1, -0.05) is 6.92 Å². The third kappa shape index (κ3) is 6.47. The Morgan fingerprint density at radius 3 is 2.47 bits per heavy atom. The molecule has 0 radical (unpaired) electrons. The molecule has 0 heterocycles. The smallest absolute Gasteiger partial charge is 0.335 e. The van der Waals surface area contributed by atoms with Gasteiger partial charge < -0.3 is 14.9 Å². The van der Waals surface area contributed by atoms with Crippen molar-refractivity contribution in [3.05, 3.63) is 0 Å². The molecule has 0 fully saturated rings. The van der Waals surface area contributed by atoms with E-state index in [1.54, 1.807) is 0 Å². The van der Waals surface area contributed by atoms with E-state index in [1.165, 1.54) is 0 Å². The summed E-state index contributed by atoms with van der Waals surface area (Å²) in [5.41, 5.74) is -0.519. The van der Waals surface area contributed by atoms with Crippen LogP contribution in [0.15, 0.2) is 0 Å². The van der Waals surface area contributed by atoms with Crippen LogP contribution in [0.3, 0.4) is 0 Å². The largest absolute Gasteiger partial charge is 0.458 e. The standard InChI is InChI=1S/C11H22O4/c1-4-11(2,3)15-10(14)9(13)7-5-6-8-12/h9,12-13H,4-8H2,1-3H3. The number of unbranched alkanes of at least 4 members (excludes halogenated alkanes) is 1. The normalized spacial score (nSPS) is 13.7. The number of rotatable bonds is 7. The van der Waals surface area contributed by atoms with E-state index in [-0.39, 0.29) is 6.61 Å². The maximum absolute atomic E-state index is 11.4. The number of hydrogen-bond acceptors (Lipinski definition) is 4. The minimum atomic E-state index is -1.07. The molecule has 15 heavy (non-hydrogen) atoms. The summed E-state index contributed by atoms with van der Waals surface area (Å²) >= 11 is 0. The molecule has 0 saturated heterocycles. The van der Waals surface area contributed by atoms with Crippen LogP contribution >= 0.6 is 0 Å². The molecule has 0 aliphatic heterocycles. The molecule has 0 amide bonds. The van der Waals surface area contributed by atoms with Crippen molar-refractivity contribution in [2.24, 2.45) is 0 Å². The summed E-state index contributed by atoms with van der Waals surface area (Å²) < 4.78 is 5.13. The molecule has 0 aromatic heterocycles. The van der Waals surface area contributed by atoms with Crippen LogP contribution in [0.25, 0.3) is 0 Å². The van der Waals surface area contributed by atoms with E-state index in [9.17, 15) is 9.90 Å². The Labute approximate surface area is 91.3 Å². The number of esters is 1. The third-order valence-corrected chi connectivity index (χ3v) is 2.39. The topological polar surface area (TPSA) is 66.8 Å². The second kappa shape index (κ2) is 6.80. The Bertz CT molecular complexity index is 189. The molecule has 0 bridgehead atoms. The molecule has 90 valence electrons. The van der Waals surface area contributed by atoms with Gasteiger partial charge in [0.05, 0.1) is 0 Å². The average Bonchev–Trinajstić information content (AvgIpc) is 2.17. The SMILES string of the molecule is CCC(C)(C)OC(=O)C(O)CCCCO. The first-order valence-electron chi connectivity index (χ1n) is 5.44. The number of aliphatic hydroxyl groups excluding tert-OH is 2. The van der Waals surface area contributed by atoms with E-state index in [1.807, 2.05) is 20.8 Å². The molecular weight excluding hydrogens is 196 g/mol. The molecule has 0 rings (SSSR count). The Balaban J connectivity index is 3.88. The number of aliphatic hydroxyl groups is 2. The number of carbonyl (C=O) groups excluding carboxylic acids is 1. The van der Waals surface area contributed by atoms with Gasteiger partial charge in [-0.05, 0) is 39.5 Å². The van der Waals surface area contributed by atoms with Crippen LogP contribution in [-0.4, -0.2) is 34.5 Å². The van der Waals surface area contributed by atoms with E-state index in [4.69, 9.17) is 9.84 Å². The van der Waals surface area contributed by atoms with Crippen molar-refractivity contribution in [2.45, 2.75) is 58.2 Å². The van der Waals surface area contributed by atoms with E-state index in [2.05, 4.69) is 0 Å². The summed E-state index contributed by atoms with van der Waals surface area (Å²) in [6, 6.07) is 0. The third-order valence-electron chi connectivity index (χ3n) is 2.39. The summed E-state index contributed by atoms with van der Waals surface area (Å²) in [5, 5.41) is 18.0. The Morgan fingerprint density at radius 2 is 2.00 bits per heavy atom. The zero-order chi connectivity index (χ0) is 11.9. The van der Waals surface area contributed by atoms with Crippen molar-refractivity contribution in [1.29, 1.82) is 0 Å². The van der Waals surface area contributed by atoms with Crippen LogP contribution in [0, 0.1) is 0 Å². The molecule has 4 nitrogen and oxygen atoms in total. The molecule has 0 aliphatic carbocycles. The van der Waals surface area contributed by atoms with E-state index in [0.29, 0.717) is 25.7 Å². The number of carbonyl (C=O) groups is 1. The first-order chi connectivity index (χ1) is 6.93. The molecule has 4 heteroatoms. The summed E-state index contributed by atoms with van der Waals surface area (Å²) in [5.74, 6) is -0.570. The zero-order valence-electron chi connectivity index (χ0n) is 9.82. The summed E-state index contributed by atoms with van der Waals surface area (Å²) in [6.45, 7) is 5.63. The van der Waals surface area contributed by atoms with E-state index in [0.717, 1.165) is 0 Å². The quantitative estimate of drug-likeness (QED) is 0.498. The van der Waals surface area contributed by atoms with Gasteiger partial charge in [0.1, 0.15) is 5.60 Å². The highest BCUT2D eigenvalue weighted by molar-refractivity contribution is 5.74. The predicted octanol–water partition coefficient (Wildman–Crippen LogP) is 1.24. The molecule has 1 atom stereocenters. The van der Waals surface area contributed by atoms with Gasteiger partial charge in [0, 0.05) is 6.61 Å². The second-order valence-electron chi connectivity index (χ2n) is 4.27. The minimum Gasteiger partial charge on any atom is -0.458 e. The van der Waals surface area contributed by atoms with Gasteiger partial charge in [0.2, 0.25) is 0 Å². The van der Waals surface area contributed by atoms with Gasteiger partial charge in [-0.3, -0.25) is 0 Å². The molecule has 0 aliphatic rings. The van der Waals surface area contributed by atoms with Crippen molar-refractivity contribution >= 4 is 5.97 Å². The molecule has 1 unspecified atom stereocenters. The Kier molecular flexibility index (Phi) is 6.52. The van der Waals surface area contributed by atoms with Crippen LogP contribution in [0.1, 0.15) is 46.5 Å². The molecular formula is C11H22O4. The zero-order valence-corrected chi connectivity index (χ0v) is 9.82. The van der Waals surface area contributed by atoms with Crippen molar-refractivity contribution < 1.29 is 19.7 Å². The fourth-order valence-corrected chi connectivity index (χ4v) is 0.980. The highest BCUT2D eigenvalue weighted by Gasteiger charge is 2.24. The predicted molar refractivity (Wildman–Crippen MR) is 57.4 cm³/mol. The number of hydrogen-bond donors (Lipinski definition) is 2. The fraction of sp³-hybridized carbons (Fsp3) is 0.909. The van der Waals surface area contributed by atoms with Crippen molar-refractivity contribution in [3.8, 4) is 0 Å². The Morgan fingerprint density at radius 1 is 1.40 bits per heavy atom. The number of ether oxygens (including phenoxy) is 1. The van der Waals surface area contributed by atoms with Gasteiger partial charge in [0.25, 0.3) is 0 Å².